The molecule has 0 unspecified atom stereocenters. The molecule has 2 aromatic heterocycles. The van der Waals surface area contributed by atoms with Crippen molar-refractivity contribution in [3.63, 3.8) is 0 Å². The van der Waals surface area contributed by atoms with E-state index in [0.29, 0.717) is 12.1 Å². The highest BCUT2D eigenvalue weighted by atomic mass is 16.1. The second-order valence-corrected chi connectivity index (χ2v) is 6.64. The summed E-state index contributed by atoms with van der Waals surface area (Å²) in [5, 5.41) is 12.0. The molecule has 2 heterocycles. The highest BCUT2D eigenvalue weighted by molar-refractivity contribution is 5.96. The van der Waals surface area contributed by atoms with Gasteiger partial charge in [-0.2, -0.15) is 10.2 Å². The molecule has 1 aromatic carbocycles. The Labute approximate surface area is 153 Å². The fourth-order valence-corrected chi connectivity index (χ4v) is 3.26. The number of aromatic nitrogens is 4. The van der Waals surface area contributed by atoms with E-state index in [1.165, 1.54) is 5.56 Å². The van der Waals surface area contributed by atoms with Crippen molar-refractivity contribution >= 4 is 5.91 Å². The van der Waals surface area contributed by atoms with E-state index in [1.54, 1.807) is 4.68 Å². The molecule has 0 fully saturated rings. The molecule has 1 N–H and O–H groups in total. The number of nitrogens with zero attached hydrogens (tertiary/aromatic N) is 4. The first kappa shape index (κ1) is 17.9. The average Bonchev–Trinajstić information content (AvgIpc) is 3.02. The average molecular weight is 351 g/mol. The van der Waals surface area contributed by atoms with Crippen molar-refractivity contribution in [1.82, 2.24) is 24.9 Å². The largest absolute Gasteiger partial charge is 0.348 e. The van der Waals surface area contributed by atoms with Crippen molar-refractivity contribution in [3.8, 4) is 0 Å². The van der Waals surface area contributed by atoms with Gasteiger partial charge >= 0.3 is 0 Å². The quantitative estimate of drug-likeness (QED) is 0.769. The monoisotopic (exact) mass is 351 g/mol. The van der Waals surface area contributed by atoms with E-state index in [4.69, 9.17) is 0 Å². The van der Waals surface area contributed by atoms with Crippen molar-refractivity contribution < 1.29 is 4.79 Å². The van der Waals surface area contributed by atoms with Gasteiger partial charge in [0.25, 0.3) is 5.91 Å². The highest BCUT2D eigenvalue weighted by Crippen LogP contribution is 2.16. The molecular formula is C20H25N5O. The molecule has 0 saturated carbocycles. The predicted octanol–water partition coefficient (Wildman–Crippen LogP) is 2.83. The molecule has 0 aliphatic rings. The van der Waals surface area contributed by atoms with Gasteiger partial charge in [0.1, 0.15) is 0 Å². The van der Waals surface area contributed by atoms with Crippen LogP contribution in [-0.2, 0) is 20.1 Å². The van der Waals surface area contributed by atoms with Gasteiger partial charge in [0.15, 0.2) is 0 Å². The van der Waals surface area contributed by atoms with Crippen LogP contribution in [0.15, 0.2) is 30.3 Å². The van der Waals surface area contributed by atoms with Crippen molar-refractivity contribution in [1.29, 1.82) is 0 Å². The first-order valence-electron chi connectivity index (χ1n) is 8.73. The molecule has 3 aromatic rings. The fraction of sp³-hybridized carbons (Fsp3) is 0.350. The Morgan fingerprint density at radius 2 is 1.69 bits per heavy atom. The summed E-state index contributed by atoms with van der Waals surface area (Å²) in [6.07, 6.45) is 0. The Kier molecular flexibility index (Phi) is 4.93. The summed E-state index contributed by atoms with van der Waals surface area (Å²) in [6, 6.07) is 10.2. The minimum Gasteiger partial charge on any atom is -0.348 e. The molecule has 6 heteroatoms. The molecule has 0 saturated heterocycles. The third-order valence-electron chi connectivity index (χ3n) is 4.87. The molecule has 0 atom stereocenters. The van der Waals surface area contributed by atoms with E-state index in [2.05, 4.69) is 27.6 Å². The van der Waals surface area contributed by atoms with Crippen LogP contribution in [-0.4, -0.2) is 25.5 Å². The summed E-state index contributed by atoms with van der Waals surface area (Å²) in [6.45, 7) is 8.97. The number of carbonyl (C=O) groups excluding carboxylic acids is 1. The Morgan fingerprint density at radius 3 is 2.31 bits per heavy atom. The summed E-state index contributed by atoms with van der Waals surface area (Å²) in [4.78, 5) is 12.6. The first-order valence-corrected chi connectivity index (χ1v) is 8.73. The van der Waals surface area contributed by atoms with Crippen molar-refractivity contribution in [2.45, 2.75) is 40.8 Å². The number of carbonyl (C=O) groups is 1. The van der Waals surface area contributed by atoms with E-state index in [9.17, 15) is 4.79 Å². The van der Waals surface area contributed by atoms with Gasteiger partial charge in [-0.1, -0.05) is 30.3 Å². The molecule has 136 valence electrons. The van der Waals surface area contributed by atoms with E-state index < -0.39 is 0 Å². The maximum Gasteiger partial charge on any atom is 0.255 e. The first-order chi connectivity index (χ1) is 12.4. The lowest BCUT2D eigenvalue weighted by atomic mass is 10.1. The molecule has 26 heavy (non-hydrogen) atoms. The van der Waals surface area contributed by atoms with Gasteiger partial charge in [-0.05, 0) is 33.3 Å². The summed E-state index contributed by atoms with van der Waals surface area (Å²) < 4.78 is 3.73. The number of rotatable bonds is 5. The molecule has 0 aliphatic carbocycles. The van der Waals surface area contributed by atoms with Crippen LogP contribution >= 0.6 is 0 Å². The van der Waals surface area contributed by atoms with Gasteiger partial charge in [0, 0.05) is 30.5 Å². The van der Waals surface area contributed by atoms with Crippen LogP contribution in [0, 0.1) is 27.7 Å². The molecule has 6 nitrogen and oxygen atoms in total. The van der Waals surface area contributed by atoms with Crippen LogP contribution in [0.25, 0.3) is 0 Å². The van der Waals surface area contributed by atoms with Crippen molar-refractivity contribution in [3.05, 3.63) is 69.8 Å². The Morgan fingerprint density at radius 1 is 1.00 bits per heavy atom. The van der Waals surface area contributed by atoms with Crippen LogP contribution in [0.5, 0.6) is 0 Å². The van der Waals surface area contributed by atoms with Gasteiger partial charge in [-0.25, -0.2) is 0 Å². The van der Waals surface area contributed by atoms with Gasteiger partial charge in [-0.3, -0.25) is 14.2 Å². The van der Waals surface area contributed by atoms with Crippen LogP contribution in [0.2, 0.25) is 0 Å². The van der Waals surface area contributed by atoms with E-state index in [1.807, 2.05) is 57.6 Å². The van der Waals surface area contributed by atoms with Crippen LogP contribution in [0.4, 0.5) is 0 Å². The van der Waals surface area contributed by atoms with Crippen molar-refractivity contribution in [2.24, 2.45) is 7.05 Å². The summed E-state index contributed by atoms with van der Waals surface area (Å²) in [5.41, 5.74) is 6.55. The number of amides is 1. The Hall–Kier alpha value is -2.89. The molecule has 1 amide bonds. The molecule has 0 aliphatic heterocycles. The minimum absolute atomic E-state index is 0.0947. The zero-order chi connectivity index (χ0) is 18.8. The van der Waals surface area contributed by atoms with Crippen LogP contribution in [0.1, 0.15) is 44.3 Å². The predicted molar refractivity (Wildman–Crippen MR) is 101 cm³/mol. The molecule has 0 bridgehead atoms. The number of hydrogen-bond acceptors (Lipinski definition) is 3. The standard InChI is InChI=1S/C20H25N5O/c1-13-18(11-21-20(26)19-14(2)22-24(5)16(19)4)15(3)25(23-13)12-17-9-7-6-8-10-17/h6-10H,11-12H2,1-5H3,(H,21,26). The second kappa shape index (κ2) is 7.15. The van der Waals surface area contributed by atoms with Gasteiger partial charge in [-0.15, -0.1) is 0 Å². The third kappa shape index (κ3) is 3.40. The zero-order valence-electron chi connectivity index (χ0n) is 16.0. The lowest BCUT2D eigenvalue weighted by molar-refractivity contribution is 0.0949. The summed E-state index contributed by atoms with van der Waals surface area (Å²) in [5.74, 6) is -0.0947. The summed E-state index contributed by atoms with van der Waals surface area (Å²) in [7, 11) is 1.85. The van der Waals surface area contributed by atoms with Gasteiger partial charge in [0.05, 0.1) is 23.5 Å². The second-order valence-electron chi connectivity index (χ2n) is 6.64. The highest BCUT2D eigenvalue weighted by Gasteiger charge is 2.18. The Balaban J connectivity index is 1.75. The molecule has 0 radical (unpaired) electrons. The third-order valence-corrected chi connectivity index (χ3v) is 4.87. The molecular weight excluding hydrogens is 326 g/mol. The lowest BCUT2D eigenvalue weighted by Gasteiger charge is -2.08. The van der Waals surface area contributed by atoms with E-state index in [-0.39, 0.29) is 5.91 Å². The summed E-state index contributed by atoms with van der Waals surface area (Å²) >= 11 is 0. The number of aryl methyl sites for hydroxylation is 3. The molecule has 0 spiro atoms. The lowest BCUT2D eigenvalue weighted by Crippen LogP contribution is -2.24. The maximum atomic E-state index is 12.6. The fourth-order valence-electron chi connectivity index (χ4n) is 3.26. The maximum absolute atomic E-state index is 12.6. The van der Waals surface area contributed by atoms with Crippen molar-refractivity contribution in [2.75, 3.05) is 0 Å². The smallest absolute Gasteiger partial charge is 0.255 e. The van der Waals surface area contributed by atoms with E-state index >= 15 is 0 Å². The molecule has 3 rings (SSSR count). The SMILES string of the molecule is Cc1nn(Cc2ccccc2)c(C)c1CNC(=O)c1c(C)nn(C)c1C. The topological polar surface area (TPSA) is 64.7 Å². The van der Waals surface area contributed by atoms with Crippen LogP contribution in [0.3, 0.4) is 0 Å². The minimum atomic E-state index is -0.0947. The van der Waals surface area contributed by atoms with Gasteiger partial charge < -0.3 is 5.32 Å². The Bertz CT molecular complexity index is 937. The normalized spacial score (nSPS) is 11.0. The van der Waals surface area contributed by atoms with Crippen LogP contribution < -0.4 is 5.32 Å². The number of benzene rings is 1. The van der Waals surface area contributed by atoms with Gasteiger partial charge in [0.2, 0.25) is 0 Å². The van der Waals surface area contributed by atoms with E-state index in [0.717, 1.165) is 34.9 Å². The zero-order valence-corrected chi connectivity index (χ0v) is 16.0. The number of hydrogen-bond donors (Lipinski definition) is 1. The number of nitrogens with one attached hydrogen (secondary N) is 1.